The van der Waals surface area contributed by atoms with Crippen LogP contribution < -0.4 is 5.32 Å². The van der Waals surface area contributed by atoms with Crippen LogP contribution in [0, 0.1) is 11.3 Å². The molecule has 0 aliphatic rings. The van der Waals surface area contributed by atoms with Gasteiger partial charge < -0.3 is 10.3 Å². The predicted molar refractivity (Wildman–Crippen MR) is 157 cm³/mol. The molecule has 2 rings (SSSR count). The molecule has 0 saturated carbocycles. The quantitative estimate of drug-likeness (QED) is 0.228. The maximum atomic E-state index is 13.0. The van der Waals surface area contributed by atoms with Crippen molar-refractivity contribution in [1.82, 2.24) is 10.3 Å². The van der Waals surface area contributed by atoms with Crippen molar-refractivity contribution in [3.63, 3.8) is 0 Å². The molecule has 36 heavy (non-hydrogen) atoms. The van der Waals surface area contributed by atoms with E-state index in [1.165, 1.54) is 35.2 Å². The van der Waals surface area contributed by atoms with Crippen molar-refractivity contribution in [2.45, 2.75) is 67.7 Å². The van der Waals surface area contributed by atoms with Gasteiger partial charge in [0, 0.05) is 36.6 Å². The normalized spacial score (nSPS) is 13.9. The number of amides is 1. The van der Waals surface area contributed by atoms with Crippen LogP contribution in [0.3, 0.4) is 0 Å². The van der Waals surface area contributed by atoms with Gasteiger partial charge >= 0.3 is 0 Å². The van der Waals surface area contributed by atoms with Gasteiger partial charge in [-0.3, -0.25) is 14.6 Å². The van der Waals surface area contributed by atoms with E-state index in [-0.39, 0.29) is 18.1 Å². The number of hydrogen-bond donors (Lipinski definition) is 2. The summed E-state index contributed by atoms with van der Waals surface area (Å²) in [6, 6.07) is 8.63. The Balaban J connectivity index is 0.000000479. The number of rotatable bonds is 12. The number of allylic oxidation sites excluding steroid dienone is 3. The molecule has 0 aliphatic heterocycles. The largest absolute Gasteiger partial charge is 0.361 e. The van der Waals surface area contributed by atoms with Gasteiger partial charge in [0.2, 0.25) is 5.91 Å². The Kier molecular flexibility index (Phi) is 13.9. The van der Waals surface area contributed by atoms with Gasteiger partial charge in [0.1, 0.15) is 11.2 Å². The molecule has 1 unspecified atom stereocenters. The second kappa shape index (κ2) is 16.0. The highest BCUT2D eigenvalue weighted by Crippen LogP contribution is 2.36. The van der Waals surface area contributed by atoms with Crippen LogP contribution in [0.1, 0.15) is 66.9 Å². The average molecular weight is 510 g/mol. The van der Waals surface area contributed by atoms with E-state index < -0.39 is 5.41 Å². The number of nitrogens with one attached hydrogen (secondary N) is 2. The summed E-state index contributed by atoms with van der Waals surface area (Å²) in [5.74, 6) is -0.0529. The highest BCUT2D eigenvalue weighted by atomic mass is 32.2. The maximum Gasteiger partial charge on any atom is 0.234 e. The molecule has 1 amide bonds. The van der Waals surface area contributed by atoms with Crippen molar-refractivity contribution in [2.75, 3.05) is 6.54 Å². The van der Waals surface area contributed by atoms with E-state index >= 15 is 0 Å². The van der Waals surface area contributed by atoms with E-state index in [0.29, 0.717) is 18.9 Å². The first-order chi connectivity index (χ1) is 17.1. The molecule has 2 N–H and O–H groups in total. The topological polar surface area (TPSA) is 74.3 Å². The Morgan fingerprint density at radius 1 is 1.19 bits per heavy atom. The van der Waals surface area contributed by atoms with E-state index in [9.17, 15) is 9.59 Å². The third-order valence-corrected chi connectivity index (χ3v) is 6.59. The van der Waals surface area contributed by atoms with Crippen LogP contribution in [-0.4, -0.2) is 29.4 Å². The zero-order valence-corrected chi connectivity index (χ0v) is 23.8. The molecule has 6 heteroatoms. The number of carbonyl (C=O) groups excluding carboxylic acids is 2. The van der Waals surface area contributed by atoms with Gasteiger partial charge in [-0.2, -0.15) is 0 Å². The molecule has 0 aliphatic carbocycles. The summed E-state index contributed by atoms with van der Waals surface area (Å²) < 4.78 is 0. The monoisotopic (exact) mass is 509 g/mol. The number of thioether (sulfide) groups is 1. The molecular formula is C30H43N3O2S. The SMILES string of the molecule is C=CS/C=C(\C)CC(C/C(=C/C)N=CC)(C(C)=O)C(=O)NCC(C)C.CCc1ccc2[nH]ccc2c1. The zero-order chi connectivity index (χ0) is 27.1. The van der Waals surface area contributed by atoms with Crippen LogP contribution in [-0.2, 0) is 16.0 Å². The summed E-state index contributed by atoms with van der Waals surface area (Å²) in [6.07, 6.45) is 7.28. The van der Waals surface area contributed by atoms with Gasteiger partial charge in [0.15, 0.2) is 0 Å². The molecule has 5 nitrogen and oxygen atoms in total. The fourth-order valence-corrected chi connectivity index (χ4v) is 4.21. The summed E-state index contributed by atoms with van der Waals surface area (Å²) in [6.45, 7) is 17.6. The molecule has 1 atom stereocenters. The van der Waals surface area contributed by atoms with Crippen LogP contribution in [0.25, 0.3) is 10.9 Å². The molecule has 0 radical (unpaired) electrons. The van der Waals surface area contributed by atoms with E-state index in [4.69, 9.17) is 0 Å². The molecule has 0 spiro atoms. The number of H-pyrrole nitrogens is 1. The number of aryl methyl sites for hydroxylation is 1. The second-order valence-electron chi connectivity index (χ2n) is 9.28. The lowest BCUT2D eigenvalue weighted by Crippen LogP contribution is -2.47. The summed E-state index contributed by atoms with van der Waals surface area (Å²) >= 11 is 1.45. The molecular weight excluding hydrogens is 466 g/mol. The van der Waals surface area contributed by atoms with Gasteiger partial charge in [-0.05, 0) is 86.4 Å². The molecule has 1 aromatic heterocycles. The molecule has 1 heterocycles. The summed E-state index contributed by atoms with van der Waals surface area (Å²) in [7, 11) is 0. The van der Waals surface area contributed by atoms with Crippen molar-refractivity contribution < 1.29 is 9.59 Å². The average Bonchev–Trinajstić information content (AvgIpc) is 3.33. The number of nitrogens with zero attached hydrogens (tertiary/aromatic N) is 1. The van der Waals surface area contributed by atoms with Crippen LogP contribution in [0.2, 0.25) is 0 Å². The van der Waals surface area contributed by atoms with Crippen LogP contribution in [0.5, 0.6) is 0 Å². The fourth-order valence-electron chi connectivity index (χ4n) is 3.80. The Morgan fingerprint density at radius 3 is 2.47 bits per heavy atom. The van der Waals surface area contributed by atoms with Crippen molar-refractivity contribution in [3.8, 4) is 0 Å². The highest BCUT2D eigenvalue weighted by molar-refractivity contribution is 8.04. The first-order valence-corrected chi connectivity index (χ1v) is 13.5. The summed E-state index contributed by atoms with van der Waals surface area (Å²) in [5.41, 5.74) is 3.18. The van der Waals surface area contributed by atoms with Crippen molar-refractivity contribution in [3.05, 3.63) is 70.8 Å². The second-order valence-corrected chi connectivity index (χ2v) is 10.1. The number of aromatic amines is 1. The van der Waals surface area contributed by atoms with Crippen LogP contribution >= 0.6 is 11.8 Å². The van der Waals surface area contributed by atoms with Gasteiger partial charge in [-0.25, -0.2) is 0 Å². The number of aliphatic imine (C=N–C) groups is 1. The summed E-state index contributed by atoms with van der Waals surface area (Å²) in [4.78, 5) is 33.1. The maximum absolute atomic E-state index is 13.0. The van der Waals surface area contributed by atoms with Gasteiger partial charge in [0.25, 0.3) is 0 Å². The molecule has 0 saturated heterocycles. The minimum Gasteiger partial charge on any atom is -0.361 e. The summed E-state index contributed by atoms with van der Waals surface area (Å²) in [5, 5.41) is 7.90. The lowest BCUT2D eigenvalue weighted by atomic mass is 9.73. The Morgan fingerprint density at radius 2 is 1.92 bits per heavy atom. The number of aromatic nitrogens is 1. The molecule has 0 bridgehead atoms. The predicted octanol–water partition coefficient (Wildman–Crippen LogP) is 7.62. The molecule has 1 aromatic carbocycles. The number of ketones is 1. The first-order valence-electron chi connectivity index (χ1n) is 12.5. The Labute approximate surface area is 221 Å². The Bertz CT molecular complexity index is 1090. The minimum atomic E-state index is -1.15. The fraction of sp³-hybridized carbons (Fsp3) is 0.433. The van der Waals surface area contributed by atoms with Gasteiger partial charge in [-0.1, -0.05) is 45.1 Å². The van der Waals surface area contributed by atoms with Crippen molar-refractivity contribution in [1.29, 1.82) is 0 Å². The van der Waals surface area contributed by atoms with E-state index in [0.717, 1.165) is 17.7 Å². The van der Waals surface area contributed by atoms with Crippen LogP contribution in [0.4, 0.5) is 0 Å². The standard InChI is InChI=1S/C20H32N2O2S.C10H11N/c1-8-18(21-9-2)12-20(17(7)23,11-16(6)14-25-10-3)19(24)22-13-15(4)5;1-2-8-3-4-10-9(7-8)5-6-11-10/h8-10,14-15H,3,11-13H2,1-2,4-7H3,(H,22,24);3-7,11H,2H2,1H3/b16-14+,18-8-,21-9?;. The lowest BCUT2D eigenvalue weighted by molar-refractivity contribution is -0.141. The number of hydrogen-bond acceptors (Lipinski definition) is 4. The van der Waals surface area contributed by atoms with Crippen molar-refractivity contribution >= 4 is 40.6 Å². The Hall–Kier alpha value is -2.86. The molecule has 196 valence electrons. The van der Waals surface area contributed by atoms with E-state index in [2.05, 4.69) is 53.1 Å². The number of benzene rings is 1. The molecule has 0 fully saturated rings. The smallest absolute Gasteiger partial charge is 0.234 e. The third kappa shape index (κ3) is 9.65. The minimum absolute atomic E-state index is 0.143. The number of Topliss-reactive ketones (excluding diaryl/α,β-unsaturated/α-hetero) is 1. The first kappa shape index (κ1) is 31.2. The number of carbonyl (C=O) groups is 2. The van der Waals surface area contributed by atoms with Crippen molar-refractivity contribution in [2.24, 2.45) is 16.3 Å². The van der Waals surface area contributed by atoms with Gasteiger partial charge in [0.05, 0.1) is 0 Å². The molecule has 2 aromatic rings. The highest BCUT2D eigenvalue weighted by Gasteiger charge is 2.43. The van der Waals surface area contributed by atoms with Crippen LogP contribution in [0.15, 0.2) is 70.2 Å². The van der Waals surface area contributed by atoms with E-state index in [1.54, 1.807) is 11.6 Å². The lowest BCUT2D eigenvalue weighted by Gasteiger charge is -2.31. The third-order valence-electron chi connectivity index (χ3n) is 5.86. The number of fused-ring (bicyclic) bond motifs is 1. The van der Waals surface area contributed by atoms with Gasteiger partial charge in [-0.15, -0.1) is 11.8 Å². The van der Waals surface area contributed by atoms with E-state index in [1.807, 2.05) is 52.3 Å². The zero-order valence-electron chi connectivity index (χ0n) is 23.0.